The van der Waals surface area contributed by atoms with Crippen molar-refractivity contribution in [1.29, 1.82) is 0 Å². The fourth-order valence-electron chi connectivity index (χ4n) is 1.66. The summed E-state index contributed by atoms with van der Waals surface area (Å²) >= 11 is 1.55. The predicted octanol–water partition coefficient (Wildman–Crippen LogP) is 1.68. The average Bonchev–Trinajstić information content (AvgIpc) is 2.76. The molecule has 0 saturated carbocycles. The summed E-state index contributed by atoms with van der Waals surface area (Å²) in [4.78, 5) is 16.6. The molecule has 1 aromatic heterocycles. The van der Waals surface area contributed by atoms with Gasteiger partial charge < -0.3 is 4.74 Å². The van der Waals surface area contributed by atoms with E-state index < -0.39 is 0 Å². The van der Waals surface area contributed by atoms with E-state index in [4.69, 9.17) is 4.74 Å². The Balaban J connectivity index is 1.78. The van der Waals surface area contributed by atoms with Crippen LogP contribution in [-0.2, 0) is 16.0 Å². The molecule has 1 aromatic rings. The Morgan fingerprint density at radius 3 is 3.29 bits per heavy atom. The first-order chi connectivity index (χ1) is 6.84. The quantitative estimate of drug-likeness (QED) is 0.760. The highest BCUT2D eigenvalue weighted by Gasteiger charge is 2.19. The highest BCUT2D eigenvalue weighted by atomic mass is 32.1. The third-order valence-electron chi connectivity index (χ3n) is 2.40. The number of ether oxygens (including phenoxy) is 1. The van der Waals surface area contributed by atoms with Crippen LogP contribution in [0.4, 0.5) is 0 Å². The van der Waals surface area contributed by atoms with Crippen molar-refractivity contribution in [3.8, 4) is 0 Å². The SMILES string of the molecule is O=C(Cc1cncs1)CC1CCOC1. The molecule has 1 aliphatic heterocycles. The van der Waals surface area contributed by atoms with Crippen LogP contribution in [0, 0.1) is 5.92 Å². The van der Waals surface area contributed by atoms with Gasteiger partial charge in [0.25, 0.3) is 0 Å². The van der Waals surface area contributed by atoms with Crippen molar-refractivity contribution in [3.63, 3.8) is 0 Å². The van der Waals surface area contributed by atoms with E-state index in [9.17, 15) is 4.79 Å². The van der Waals surface area contributed by atoms with Crippen molar-refractivity contribution >= 4 is 17.1 Å². The van der Waals surface area contributed by atoms with Gasteiger partial charge in [0.1, 0.15) is 5.78 Å². The van der Waals surface area contributed by atoms with Gasteiger partial charge in [0.15, 0.2) is 0 Å². The van der Waals surface area contributed by atoms with Crippen LogP contribution >= 0.6 is 11.3 Å². The smallest absolute Gasteiger partial charge is 0.138 e. The summed E-state index contributed by atoms with van der Waals surface area (Å²) in [5.41, 5.74) is 1.77. The maximum atomic E-state index is 11.6. The normalized spacial score (nSPS) is 21.3. The molecule has 1 unspecified atom stereocenters. The highest BCUT2D eigenvalue weighted by Crippen LogP contribution is 2.18. The van der Waals surface area contributed by atoms with E-state index >= 15 is 0 Å². The van der Waals surface area contributed by atoms with Crippen LogP contribution in [0.5, 0.6) is 0 Å². The Labute approximate surface area is 87.1 Å². The summed E-state index contributed by atoms with van der Waals surface area (Å²) in [6.45, 7) is 1.58. The van der Waals surface area contributed by atoms with Gasteiger partial charge in [-0.25, -0.2) is 0 Å². The van der Waals surface area contributed by atoms with Crippen LogP contribution in [0.1, 0.15) is 17.7 Å². The number of aromatic nitrogens is 1. The third kappa shape index (κ3) is 2.62. The maximum absolute atomic E-state index is 11.6. The molecule has 14 heavy (non-hydrogen) atoms. The zero-order valence-corrected chi connectivity index (χ0v) is 8.76. The number of hydrogen-bond donors (Lipinski definition) is 0. The molecule has 0 bridgehead atoms. The van der Waals surface area contributed by atoms with Crippen LogP contribution in [0.3, 0.4) is 0 Å². The summed E-state index contributed by atoms with van der Waals surface area (Å²) in [6.07, 6.45) is 4.02. The molecular formula is C10H13NO2S. The summed E-state index contributed by atoms with van der Waals surface area (Å²) < 4.78 is 5.23. The zero-order chi connectivity index (χ0) is 9.80. The first kappa shape index (κ1) is 9.80. The molecule has 2 heterocycles. The van der Waals surface area contributed by atoms with Gasteiger partial charge in [-0.15, -0.1) is 11.3 Å². The second-order valence-corrected chi connectivity index (χ2v) is 4.59. The number of thiazole rings is 1. The van der Waals surface area contributed by atoms with E-state index in [-0.39, 0.29) is 0 Å². The number of Topliss-reactive ketones (excluding diaryl/α,β-unsaturated/α-hetero) is 1. The van der Waals surface area contributed by atoms with Crippen LogP contribution in [0.2, 0.25) is 0 Å². The first-order valence-corrected chi connectivity index (χ1v) is 5.69. The molecule has 4 heteroatoms. The lowest BCUT2D eigenvalue weighted by atomic mass is 10.0. The summed E-state index contributed by atoms with van der Waals surface area (Å²) in [7, 11) is 0. The van der Waals surface area contributed by atoms with Crippen molar-refractivity contribution in [1.82, 2.24) is 4.98 Å². The lowest BCUT2D eigenvalue weighted by molar-refractivity contribution is -0.119. The second kappa shape index (κ2) is 4.66. The number of nitrogens with zero attached hydrogens (tertiary/aromatic N) is 1. The van der Waals surface area contributed by atoms with Crippen molar-refractivity contribution in [3.05, 3.63) is 16.6 Å². The molecule has 0 amide bonds. The molecule has 1 aliphatic rings. The van der Waals surface area contributed by atoms with Gasteiger partial charge in [0, 0.05) is 37.1 Å². The van der Waals surface area contributed by atoms with E-state index in [2.05, 4.69) is 4.98 Å². The van der Waals surface area contributed by atoms with Gasteiger partial charge in [-0.2, -0.15) is 0 Å². The Morgan fingerprint density at radius 1 is 1.71 bits per heavy atom. The minimum Gasteiger partial charge on any atom is -0.381 e. The summed E-state index contributed by atoms with van der Waals surface area (Å²) in [6, 6.07) is 0. The molecule has 76 valence electrons. The van der Waals surface area contributed by atoms with Crippen LogP contribution in [0.15, 0.2) is 11.7 Å². The van der Waals surface area contributed by atoms with Crippen molar-refractivity contribution in [2.24, 2.45) is 5.92 Å². The van der Waals surface area contributed by atoms with E-state index in [1.54, 1.807) is 23.0 Å². The number of hydrogen-bond acceptors (Lipinski definition) is 4. The monoisotopic (exact) mass is 211 g/mol. The molecule has 0 aliphatic carbocycles. The van der Waals surface area contributed by atoms with Gasteiger partial charge in [0.05, 0.1) is 5.51 Å². The van der Waals surface area contributed by atoms with Gasteiger partial charge >= 0.3 is 0 Å². The van der Waals surface area contributed by atoms with Crippen molar-refractivity contribution < 1.29 is 9.53 Å². The molecule has 0 N–H and O–H groups in total. The standard InChI is InChI=1S/C10H13NO2S/c12-9(3-8-1-2-13-6-8)4-10-5-11-7-14-10/h5,7-8H,1-4,6H2. The van der Waals surface area contributed by atoms with Gasteiger partial charge in [-0.1, -0.05) is 0 Å². The molecule has 1 atom stereocenters. The number of rotatable bonds is 4. The van der Waals surface area contributed by atoms with Crippen LogP contribution in [-0.4, -0.2) is 24.0 Å². The average molecular weight is 211 g/mol. The molecule has 1 saturated heterocycles. The summed E-state index contributed by atoms with van der Waals surface area (Å²) in [5.74, 6) is 0.764. The van der Waals surface area contributed by atoms with E-state index in [0.717, 1.165) is 24.5 Å². The topological polar surface area (TPSA) is 39.2 Å². The number of carbonyl (C=O) groups excluding carboxylic acids is 1. The number of carbonyl (C=O) groups is 1. The van der Waals surface area contributed by atoms with Crippen LogP contribution in [0.25, 0.3) is 0 Å². The molecule has 0 radical (unpaired) electrons. The minimum atomic E-state index is 0.310. The zero-order valence-electron chi connectivity index (χ0n) is 7.94. The predicted molar refractivity (Wildman–Crippen MR) is 54.4 cm³/mol. The van der Waals surface area contributed by atoms with E-state index in [1.165, 1.54) is 0 Å². The maximum Gasteiger partial charge on any atom is 0.138 e. The molecule has 0 aromatic carbocycles. The van der Waals surface area contributed by atoms with Crippen molar-refractivity contribution in [2.45, 2.75) is 19.3 Å². The molecule has 1 fully saturated rings. The van der Waals surface area contributed by atoms with E-state index in [0.29, 0.717) is 24.5 Å². The first-order valence-electron chi connectivity index (χ1n) is 4.81. The molecule has 2 rings (SSSR count). The van der Waals surface area contributed by atoms with Crippen molar-refractivity contribution in [2.75, 3.05) is 13.2 Å². The molecule has 0 spiro atoms. The Hall–Kier alpha value is -0.740. The Bertz CT molecular complexity index is 291. The largest absolute Gasteiger partial charge is 0.381 e. The highest BCUT2D eigenvalue weighted by molar-refractivity contribution is 7.09. The van der Waals surface area contributed by atoms with E-state index in [1.807, 2.05) is 0 Å². The summed E-state index contributed by atoms with van der Waals surface area (Å²) in [5, 5.41) is 0. The third-order valence-corrected chi connectivity index (χ3v) is 3.17. The van der Waals surface area contributed by atoms with Gasteiger partial charge in [0.2, 0.25) is 0 Å². The fraction of sp³-hybridized carbons (Fsp3) is 0.600. The molecule has 3 nitrogen and oxygen atoms in total. The second-order valence-electron chi connectivity index (χ2n) is 3.62. The molecular weight excluding hydrogens is 198 g/mol. The van der Waals surface area contributed by atoms with Crippen LogP contribution < -0.4 is 0 Å². The lowest BCUT2D eigenvalue weighted by Gasteiger charge is -2.04. The Kier molecular flexibility index (Phi) is 3.26. The lowest BCUT2D eigenvalue weighted by Crippen LogP contribution is -2.10. The van der Waals surface area contributed by atoms with Gasteiger partial charge in [-0.05, 0) is 12.3 Å². The van der Waals surface area contributed by atoms with Gasteiger partial charge in [-0.3, -0.25) is 9.78 Å². The fourth-order valence-corrected chi connectivity index (χ4v) is 2.29. The Morgan fingerprint density at radius 2 is 2.64 bits per heavy atom. The minimum absolute atomic E-state index is 0.310. The number of ketones is 1.